The molecule has 2 aromatic rings. The van der Waals surface area contributed by atoms with Crippen molar-refractivity contribution >= 4 is 17.9 Å². The van der Waals surface area contributed by atoms with Gasteiger partial charge in [0.2, 0.25) is 0 Å². The molecule has 4 heterocycles. The first-order chi connectivity index (χ1) is 28.6. The molecule has 0 unspecified atom stereocenters. The normalized spacial score (nSPS) is 37.2. The van der Waals surface area contributed by atoms with E-state index in [0.717, 1.165) is 30.5 Å². The summed E-state index contributed by atoms with van der Waals surface area (Å²) < 4.78 is 66.7. The van der Waals surface area contributed by atoms with Crippen molar-refractivity contribution < 1.29 is 56.7 Å². The molecule has 2 bridgehead atoms. The lowest BCUT2D eigenvalue weighted by atomic mass is 9.70. The molecule has 3 fully saturated rings. The summed E-state index contributed by atoms with van der Waals surface area (Å²) in [4.78, 5) is 41.4. The van der Waals surface area contributed by atoms with Gasteiger partial charge < -0.3 is 33.5 Å². The number of hydrogen-bond donors (Lipinski definition) is 1. The van der Waals surface area contributed by atoms with E-state index < -0.39 is 83.3 Å². The lowest BCUT2D eigenvalue weighted by molar-refractivity contribution is -0.340. The molecule has 2 aromatic carbocycles. The topological polar surface area (TPSA) is 127 Å². The largest absolute Gasteiger partial charge is 0.462 e. The zero-order valence-corrected chi connectivity index (χ0v) is 35.1. The van der Waals surface area contributed by atoms with Crippen molar-refractivity contribution in [1.29, 1.82) is 0 Å². The average Bonchev–Trinajstić information content (AvgIpc) is 3.56. The van der Waals surface area contributed by atoms with Gasteiger partial charge in [-0.2, -0.15) is 0 Å². The second-order valence-electron chi connectivity index (χ2n) is 17.4. The van der Waals surface area contributed by atoms with E-state index >= 15 is 0 Å². The van der Waals surface area contributed by atoms with E-state index in [9.17, 15) is 28.3 Å². The van der Waals surface area contributed by atoms with E-state index in [-0.39, 0.29) is 36.2 Å². The van der Waals surface area contributed by atoms with Gasteiger partial charge in [0.1, 0.15) is 41.5 Å². The third kappa shape index (κ3) is 8.93. The van der Waals surface area contributed by atoms with Gasteiger partial charge >= 0.3 is 17.9 Å². The third-order valence-electron chi connectivity index (χ3n) is 13.0. The molecule has 0 amide bonds. The number of hydrogen-bond acceptors (Lipinski definition) is 10. The van der Waals surface area contributed by atoms with Gasteiger partial charge in [-0.25, -0.2) is 18.4 Å². The smallest absolute Gasteiger partial charge is 0.338 e. The van der Waals surface area contributed by atoms with E-state index in [0.29, 0.717) is 36.3 Å². The molecular weight excluding hydrogens is 775 g/mol. The molecule has 12 atom stereocenters. The highest BCUT2D eigenvalue weighted by Gasteiger charge is 2.61. The second-order valence-corrected chi connectivity index (χ2v) is 17.4. The predicted molar refractivity (Wildman–Crippen MR) is 217 cm³/mol. The monoisotopic (exact) mass is 830 g/mol. The fourth-order valence-corrected chi connectivity index (χ4v) is 9.48. The maximum atomic E-state index is 14.6. The number of rotatable bonds is 6. The van der Waals surface area contributed by atoms with Gasteiger partial charge in [0.15, 0.2) is 11.9 Å². The highest BCUT2D eigenvalue weighted by Crippen LogP contribution is 2.48. The number of fused-ring (bicyclic) bond motifs is 2. The highest BCUT2D eigenvalue weighted by molar-refractivity contribution is 5.90. The minimum Gasteiger partial charge on any atom is -0.462 e. The van der Waals surface area contributed by atoms with E-state index in [1.54, 1.807) is 25.2 Å². The Morgan fingerprint density at radius 1 is 0.950 bits per heavy atom. The Bertz CT molecular complexity index is 2070. The van der Waals surface area contributed by atoms with Crippen molar-refractivity contribution in [2.24, 2.45) is 23.7 Å². The third-order valence-corrected chi connectivity index (χ3v) is 13.0. The fourth-order valence-electron chi connectivity index (χ4n) is 9.48. The van der Waals surface area contributed by atoms with Crippen LogP contribution >= 0.6 is 0 Å². The molecule has 4 aliphatic heterocycles. The first-order valence-corrected chi connectivity index (χ1v) is 21.2. The zero-order valence-electron chi connectivity index (χ0n) is 35.1. The van der Waals surface area contributed by atoms with Crippen LogP contribution in [-0.4, -0.2) is 77.6 Å². The van der Waals surface area contributed by atoms with Crippen LogP contribution in [0.25, 0.3) is 0 Å². The Balaban J connectivity index is 1.28. The van der Waals surface area contributed by atoms with Crippen LogP contribution in [0.3, 0.4) is 0 Å². The summed E-state index contributed by atoms with van der Waals surface area (Å²) in [5, 5.41) is 12.9. The van der Waals surface area contributed by atoms with Gasteiger partial charge in [-0.15, -0.1) is 0 Å². The molecule has 5 aliphatic rings. The fraction of sp³-hybridized carbons (Fsp3) is 0.521. The number of ether oxygens (including phenoxy) is 6. The molecule has 0 radical (unpaired) electrons. The van der Waals surface area contributed by atoms with Crippen molar-refractivity contribution in [1.82, 2.24) is 0 Å². The predicted octanol–water partition coefficient (Wildman–Crippen LogP) is 8.54. The average molecular weight is 831 g/mol. The SMILES string of the molecule is CC[C@H](C)[C@H]1O[C@]2(CC[C@@H]1C)C[C@@H]1C[C@@H](C/C=C(\C)[C@@H](OC(=O)c3cccc(F)c3)[C@@H](C)/C=C/C=C3\CO[C@@H]4[C@H](OC(=O)c5cccc(F)c5)C(C)=C[C@@H](C(=O)O1)[C@]34O)O2. The van der Waals surface area contributed by atoms with Crippen LogP contribution in [0.2, 0.25) is 0 Å². The first-order valence-electron chi connectivity index (χ1n) is 21.2. The first kappa shape index (κ1) is 43.6. The van der Waals surface area contributed by atoms with Crippen molar-refractivity contribution in [3.63, 3.8) is 0 Å². The minimum atomic E-state index is -2.02. The molecule has 1 aliphatic carbocycles. The summed E-state index contributed by atoms with van der Waals surface area (Å²) in [6.45, 7) is 11.8. The summed E-state index contributed by atoms with van der Waals surface area (Å²) in [7, 11) is 0. The summed E-state index contributed by atoms with van der Waals surface area (Å²) >= 11 is 0. The number of halogens is 2. The number of aliphatic hydroxyl groups is 1. The van der Waals surface area contributed by atoms with Gasteiger partial charge in [-0.3, -0.25) is 4.79 Å². The molecule has 1 N–H and O–H groups in total. The quantitative estimate of drug-likeness (QED) is 0.172. The van der Waals surface area contributed by atoms with Crippen LogP contribution in [0.5, 0.6) is 0 Å². The van der Waals surface area contributed by atoms with Gasteiger partial charge in [0.25, 0.3) is 0 Å². The van der Waals surface area contributed by atoms with Crippen LogP contribution in [0.4, 0.5) is 8.78 Å². The maximum absolute atomic E-state index is 14.6. The van der Waals surface area contributed by atoms with Crippen LogP contribution in [0, 0.1) is 35.3 Å². The summed E-state index contributed by atoms with van der Waals surface area (Å²) in [6, 6.07) is 10.4. The Kier molecular flexibility index (Phi) is 13.0. The van der Waals surface area contributed by atoms with Crippen LogP contribution in [0.15, 0.2) is 95.6 Å². The minimum absolute atomic E-state index is 0.0186. The lowest BCUT2D eigenvalue weighted by Gasteiger charge is -2.51. The summed E-state index contributed by atoms with van der Waals surface area (Å²) in [5.41, 5.74) is -0.428. The van der Waals surface area contributed by atoms with Crippen molar-refractivity contribution in [3.05, 3.63) is 118 Å². The van der Waals surface area contributed by atoms with Crippen molar-refractivity contribution in [2.45, 2.75) is 128 Å². The summed E-state index contributed by atoms with van der Waals surface area (Å²) in [5.74, 6) is -5.50. The van der Waals surface area contributed by atoms with Crippen LogP contribution in [0.1, 0.15) is 101 Å². The number of allylic oxidation sites excluding steroid dienone is 2. The van der Waals surface area contributed by atoms with E-state index in [1.807, 2.05) is 26.0 Å². The molecule has 322 valence electrons. The van der Waals surface area contributed by atoms with Gasteiger partial charge in [-0.1, -0.05) is 76.6 Å². The van der Waals surface area contributed by atoms with Crippen molar-refractivity contribution in [2.75, 3.05) is 6.61 Å². The number of benzene rings is 2. The van der Waals surface area contributed by atoms with Gasteiger partial charge in [-0.05, 0) is 91.6 Å². The van der Waals surface area contributed by atoms with E-state index in [4.69, 9.17) is 28.4 Å². The molecule has 12 heteroatoms. The molecule has 60 heavy (non-hydrogen) atoms. The maximum Gasteiger partial charge on any atom is 0.338 e. The number of carbonyl (C=O) groups is 3. The molecule has 3 saturated heterocycles. The highest BCUT2D eigenvalue weighted by atomic mass is 19.1. The van der Waals surface area contributed by atoms with E-state index in [2.05, 4.69) is 20.8 Å². The van der Waals surface area contributed by atoms with Crippen LogP contribution in [-0.2, 0) is 33.2 Å². The number of esters is 3. The molecule has 0 saturated carbocycles. The van der Waals surface area contributed by atoms with Crippen molar-refractivity contribution in [3.8, 4) is 0 Å². The molecule has 10 nitrogen and oxygen atoms in total. The Hall–Kier alpha value is -4.49. The van der Waals surface area contributed by atoms with Gasteiger partial charge in [0, 0.05) is 25.2 Å². The Morgan fingerprint density at radius 3 is 2.27 bits per heavy atom. The van der Waals surface area contributed by atoms with Gasteiger partial charge in [0.05, 0.1) is 29.9 Å². The second kappa shape index (κ2) is 17.8. The Labute approximate surface area is 350 Å². The lowest BCUT2D eigenvalue weighted by Crippen LogP contribution is -2.59. The Morgan fingerprint density at radius 2 is 1.62 bits per heavy atom. The molecule has 7 rings (SSSR count). The summed E-state index contributed by atoms with van der Waals surface area (Å²) in [6.07, 6.45) is 7.79. The number of carbonyl (C=O) groups excluding carboxylic acids is 3. The standard InChI is InChI=1S/C48H56F2O10/c1-7-27(2)41-30(5)19-20-47(60-41)25-38-24-37(59-47)18-17-29(4)40(57-44(51)32-12-9-15-35(49)22-32)28(3)11-8-14-34-26-55-43-42(58-45(52)33-13-10-16-36(50)23-33)31(6)21-39(46(53)56-38)48(34,43)54/h8-17,21-23,27-28,30,37-43,54H,7,18-20,24-26H2,1-6H3/b11-8+,29-17+,34-14+/t27-,28-,30-,37+,38-,39-,40-,41+,42+,43+,47+,48+/m0/s1. The molecular formula is C48H56F2O10. The van der Waals surface area contributed by atoms with E-state index in [1.165, 1.54) is 36.4 Å². The molecule has 1 spiro atoms. The molecule has 0 aromatic heterocycles. The zero-order chi connectivity index (χ0) is 42.9. The van der Waals surface area contributed by atoms with Crippen LogP contribution < -0.4 is 0 Å².